The number of hydrogen-bond donors (Lipinski definition) is 0. The minimum atomic E-state index is -3.07. The van der Waals surface area contributed by atoms with Gasteiger partial charge in [0.15, 0.2) is 16.4 Å². The number of aryl methyl sites for hydroxylation is 1. The van der Waals surface area contributed by atoms with E-state index < -0.39 is 9.84 Å². The van der Waals surface area contributed by atoms with Gasteiger partial charge in [0, 0.05) is 10.9 Å². The lowest BCUT2D eigenvalue weighted by atomic mass is 10.0. The third-order valence-electron chi connectivity index (χ3n) is 5.02. The maximum absolute atomic E-state index is 13.0. The Morgan fingerprint density at radius 2 is 2.11 bits per heavy atom. The highest BCUT2D eigenvalue weighted by Crippen LogP contribution is 2.28. The van der Waals surface area contributed by atoms with Crippen LogP contribution in [0.25, 0.3) is 0 Å². The summed E-state index contributed by atoms with van der Waals surface area (Å²) in [5.41, 5.74) is 2.14. The Balaban J connectivity index is 1.75. The van der Waals surface area contributed by atoms with E-state index in [-0.39, 0.29) is 36.0 Å². The summed E-state index contributed by atoms with van der Waals surface area (Å²) in [4.78, 5) is 15.7. The Morgan fingerprint density at radius 3 is 2.71 bits per heavy atom. The SMILES string of the molecule is Cc1ccc(C(C)C)c(OCC(=O)N(Cc2cccs2)[C@H]2CCS(=O)(=O)C2)c1. The minimum absolute atomic E-state index is 0.0335. The Bertz CT molecular complexity index is 920. The zero-order valence-corrected chi connectivity index (χ0v) is 18.2. The monoisotopic (exact) mass is 421 g/mol. The predicted octanol–water partition coefficient (Wildman–Crippen LogP) is 3.77. The van der Waals surface area contributed by atoms with Crippen molar-refractivity contribution in [3.63, 3.8) is 0 Å². The normalized spacial score (nSPS) is 18.4. The Morgan fingerprint density at radius 1 is 1.32 bits per heavy atom. The molecule has 1 amide bonds. The van der Waals surface area contributed by atoms with E-state index in [9.17, 15) is 13.2 Å². The van der Waals surface area contributed by atoms with Gasteiger partial charge in [0.25, 0.3) is 5.91 Å². The average molecular weight is 422 g/mol. The van der Waals surface area contributed by atoms with Gasteiger partial charge in [0.1, 0.15) is 5.75 Å². The Kier molecular flexibility index (Phi) is 6.45. The summed E-state index contributed by atoms with van der Waals surface area (Å²) < 4.78 is 29.8. The molecule has 1 saturated heterocycles. The van der Waals surface area contributed by atoms with Crippen LogP contribution in [0.1, 0.15) is 42.2 Å². The lowest BCUT2D eigenvalue weighted by Crippen LogP contribution is -2.42. The molecule has 0 bridgehead atoms. The maximum atomic E-state index is 13.0. The summed E-state index contributed by atoms with van der Waals surface area (Å²) >= 11 is 1.57. The quantitative estimate of drug-likeness (QED) is 0.683. The zero-order chi connectivity index (χ0) is 20.3. The van der Waals surface area contributed by atoms with Crippen LogP contribution < -0.4 is 4.74 Å². The van der Waals surface area contributed by atoms with Gasteiger partial charge in [-0.2, -0.15) is 0 Å². The van der Waals surface area contributed by atoms with Crippen molar-refractivity contribution in [3.8, 4) is 5.75 Å². The molecule has 2 heterocycles. The number of carbonyl (C=O) groups excluding carboxylic acids is 1. The van der Waals surface area contributed by atoms with E-state index in [1.807, 2.05) is 42.6 Å². The van der Waals surface area contributed by atoms with Gasteiger partial charge in [0.05, 0.1) is 18.1 Å². The van der Waals surface area contributed by atoms with Crippen LogP contribution in [0.4, 0.5) is 0 Å². The van der Waals surface area contributed by atoms with Crippen LogP contribution in [-0.4, -0.2) is 43.4 Å². The predicted molar refractivity (Wildman–Crippen MR) is 113 cm³/mol. The molecule has 28 heavy (non-hydrogen) atoms. The molecule has 1 aliphatic heterocycles. The van der Waals surface area contributed by atoms with Crippen molar-refractivity contribution in [2.75, 3.05) is 18.1 Å². The first-order valence-electron chi connectivity index (χ1n) is 9.51. The number of hydrogen-bond acceptors (Lipinski definition) is 5. The topological polar surface area (TPSA) is 63.7 Å². The fourth-order valence-corrected chi connectivity index (χ4v) is 5.91. The highest BCUT2D eigenvalue weighted by molar-refractivity contribution is 7.91. The first kappa shape index (κ1) is 20.9. The Labute approximate surface area is 171 Å². The molecule has 1 atom stereocenters. The largest absolute Gasteiger partial charge is 0.483 e. The number of amides is 1. The smallest absolute Gasteiger partial charge is 0.261 e. The molecule has 1 fully saturated rings. The van der Waals surface area contributed by atoms with E-state index >= 15 is 0 Å². The third-order valence-corrected chi connectivity index (χ3v) is 7.63. The fraction of sp³-hybridized carbons (Fsp3) is 0.476. The van der Waals surface area contributed by atoms with E-state index in [4.69, 9.17) is 4.74 Å². The molecule has 0 aliphatic carbocycles. The molecule has 0 radical (unpaired) electrons. The van der Waals surface area contributed by atoms with Crippen molar-refractivity contribution in [2.24, 2.45) is 0 Å². The number of ether oxygens (including phenoxy) is 1. The summed E-state index contributed by atoms with van der Waals surface area (Å²) in [6, 6.07) is 9.64. The van der Waals surface area contributed by atoms with E-state index in [0.29, 0.717) is 13.0 Å². The molecule has 0 unspecified atom stereocenters. The summed E-state index contributed by atoms with van der Waals surface area (Å²) in [5.74, 6) is 1.01. The van der Waals surface area contributed by atoms with E-state index in [0.717, 1.165) is 21.8 Å². The molecular weight excluding hydrogens is 394 g/mol. The van der Waals surface area contributed by atoms with Gasteiger partial charge in [-0.15, -0.1) is 11.3 Å². The molecule has 5 nitrogen and oxygen atoms in total. The van der Waals surface area contributed by atoms with E-state index in [2.05, 4.69) is 13.8 Å². The molecule has 0 saturated carbocycles. The zero-order valence-electron chi connectivity index (χ0n) is 16.6. The second-order valence-corrected chi connectivity index (χ2v) is 10.9. The van der Waals surface area contributed by atoms with Crippen molar-refractivity contribution in [3.05, 3.63) is 51.7 Å². The molecular formula is C21H27NO4S2. The first-order valence-corrected chi connectivity index (χ1v) is 12.2. The average Bonchev–Trinajstić information content (AvgIpc) is 3.26. The number of thiophene rings is 1. The third kappa shape index (κ3) is 5.14. The molecule has 1 aliphatic rings. The molecule has 7 heteroatoms. The van der Waals surface area contributed by atoms with Gasteiger partial charge < -0.3 is 9.64 Å². The summed E-state index contributed by atoms with van der Waals surface area (Å²) in [7, 11) is -3.07. The van der Waals surface area contributed by atoms with Crippen LogP contribution in [0, 0.1) is 6.92 Å². The summed E-state index contributed by atoms with van der Waals surface area (Å²) in [5, 5.41) is 1.96. The van der Waals surface area contributed by atoms with Crippen molar-refractivity contribution in [2.45, 2.75) is 45.7 Å². The Hall–Kier alpha value is -1.86. The molecule has 0 N–H and O–H groups in total. The van der Waals surface area contributed by atoms with Crippen LogP contribution in [0.15, 0.2) is 35.7 Å². The number of nitrogens with zero attached hydrogens (tertiary/aromatic N) is 1. The van der Waals surface area contributed by atoms with E-state index in [1.54, 1.807) is 16.2 Å². The van der Waals surface area contributed by atoms with Crippen LogP contribution in [0.3, 0.4) is 0 Å². The second kappa shape index (κ2) is 8.66. The van der Waals surface area contributed by atoms with Crippen molar-refractivity contribution in [1.82, 2.24) is 4.90 Å². The van der Waals surface area contributed by atoms with Crippen LogP contribution >= 0.6 is 11.3 Å². The lowest BCUT2D eigenvalue weighted by Gasteiger charge is -2.28. The highest BCUT2D eigenvalue weighted by Gasteiger charge is 2.35. The lowest BCUT2D eigenvalue weighted by molar-refractivity contribution is -0.135. The number of sulfone groups is 1. The van der Waals surface area contributed by atoms with Gasteiger partial charge in [-0.1, -0.05) is 32.0 Å². The molecule has 3 rings (SSSR count). The first-order chi connectivity index (χ1) is 13.2. The van der Waals surface area contributed by atoms with Gasteiger partial charge in [-0.05, 0) is 47.9 Å². The van der Waals surface area contributed by atoms with Crippen LogP contribution in [0.2, 0.25) is 0 Å². The number of rotatable bonds is 7. The van der Waals surface area contributed by atoms with Crippen LogP contribution in [-0.2, 0) is 21.2 Å². The minimum Gasteiger partial charge on any atom is -0.483 e. The van der Waals surface area contributed by atoms with E-state index in [1.165, 1.54) is 0 Å². The van der Waals surface area contributed by atoms with Gasteiger partial charge >= 0.3 is 0 Å². The molecule has 2 aromatic rings. The molecule has 1 aromatic carbocycles. The van der Waals surface area contributed by atoms with Crippen LogP contribution in [0.5, 0.6) is 5.75 Å². The molecule has 152 valence electrons. The van der Waals surface area contributed by atoms with Crippen molar-refractivity contribution < 1.29 is 17.9 Å². The number of benzene rings is 1. The van der Waals surface area contributed by atoms with Gasteiger partial charge in [-0.3, -0.25) is 4.79 Å². The summed E-state index contributed by atoms with van der Waals surface area (Å²) in [6.07, 6.45) is 0.487. The fourth-order valence-electron chi connectivity index (χ4n) is 3.48. The maximum Gasteiger partial charge on any atom is 0.261 e. The van der Waals surface area contributed by atoms with Crippen molar-refractivity contribution >= 4 is 27.1 Å². The second-order valence-electron chi connectivity index (χ2n) is 7.64. The van der Waals surface area contributed by atoms with Gasteiger partial charge in [0.2, 0.25) is 0 Å². The van der Waals surface area contributed by atoms with Crippen molar-refractivity contribution in [1.29, 1.82) is 0 Å². The number of carbonyl (C=O) groups is 1. The standard InChI is InChI=1S/C21H27NO4S2/c1-15(2)19-7-6-16(3)11-20(19)26-13-21(23)22(12-18-5-4-9-27-18)17-8-10-28(24,25)14-17/h4-7,9,11,15,17H,8,10,12-14H2,1-3H3/t17-/m0/s1. The summed E-state index contributed by atoms with van der Waals surface area (Å²) in [6.45, 7) is 6.50. The molecule has 0 spiro atoms. The molecule has 1 aromatic heterocycles. The van der Waals surface area contributed by atoms with Gasteiger partial charge in [-0.25, -0.2) is 8.42 Å². The highest BCUT2D eigenvalue weighted by atomic mass is 32.2.